The van der Waals surface area contributed by atoms with Gasteiger partial charge in [0, 0.05) is 6.42 Å². The minimum atomic E-state index is -1.14. The van der Waals surface area contributed by atoms with Crippen molar-refractivity contribution in [2.75, 3.05) is 6.61 Å². The normalized spacial score (nSPS) is 13.2. The third-order valence-electron chi connectivity index (χ3n) is 3.85. The van der Waals surface area contributed by atoms with Gasteiger partial charge in [0.05, 0.1) is 0 Å². The number of phenols is 1. The van der Waals surface area contributed by atoms with Crippen molar-refractivity contribution >= 4 is 0 Å². The second kappa shape index (κ2) is 7.76. The summed E-state index contributed by atoms with van der Waals surface area (Å²) in [7, 11) is 0. The smallest absolute Gasteiger partial charge is 0.294 e. The zero-order valence-electron chi connectivity index (χ0n) is 15.9. The van der Waals surface area contributed by atoms with Gasteiger partial charge in [0.25, 0.3) is 10.2 Å². The Morgan fingerprint density at radius 1 is 1.00 bits per heavy atom. The first kappa shape index (κ1) is 21.5. The number of nitrogens with zero attached hydrogens (tertiary/aromatic N) is 2. The third kappa shape index (κ3) is 6.05. The Morgan fingerprint density at radius 2 is 1.46 bits per heavy atom. The zero-order chi connectivity index (χ0) is 20.3. The van der Waals surface area contributed by atoms with Gasteiger partial charge >= 0.3 is 0 Å². The molecule has 0 spiro atoms. The van der Waals surface area contributed by atoms with Gasteiger partial charge in [-0.05, 0) is 27.5 Å². The summed E-state index contributed by atoms with van der Waals surface area (Å²) < 4.78 is 0. The number of aromatic hydroxyl groups is 1. The molecule has 9 nitrogen and oxygen atoms in total. The first-order chi connectivity index (χ1) is 11.7. The molecule has 146 valence electrons. The summed E-state index contributed by atoms with van der Waals surface area (Å²) in [6, 6.07) is 3.49. The Hall–Kier alpha value is -2.58. The first-order valence-corrected chi connectivity index (χ1v) is 8.17. The van der Waals surface area contributed by atoms with Gasteiger partial charge in [0.15, 0.2) is 0 Å². The summed E-state index contributed by atoms with van der Waals surface area (Å²) in [5, 5.41) is 29.7. The minimum absolute atomic E-state index is 0.0290. The molecule has 0 aliphatic rings. The van der Waals surface area contributed by atoms with Crippen LogP contribution in [0.1, 0.15) is 58.2 Å². The molecule has 0 aromatic heterocycles. The van der Waals surface area contributed by atoms with E-state index < -0.39 is 22.9 Å². The van der Waals surface area contributed by atoms with E-state index in [1.807, 2.05) is 41.5 Å². The molecule has 1 aromatic rings. The van der Waals surface area contributed by atoms with Crippen LogP contribution in [0.2, 0.25) is 0 Å². The van der Waals surface area contributed by atoms with Gasteiger partial charge in [-0.3, -0.25) is 0 Å². The van der Waals surface area contributed by atoms with E-state index in [-0.39, 0.29) is 23.0 Å². The second-order valence-electron chi connectivity index (χ2n) is 8.21. The van der Waals surface area contributed by atoms with Crippen molar-refractivity contribution in [3.8, 4) is 5.75 Å². The summed E-state index contributed by atoms with van der Waals surface area (Å²) in [6.07, 6.45) is -1.11. The Labute approximate surface area is 152 Å². The molecule has 9 heteroatoms. The van der Waals surface area contributed by atoms with Gasteiger partial charge in [-0.2, -0.15) is 0 Å². The van der Waals surface area contributed by atoms with Gasteiger partial charge in [0.2, 0.25) is 0 Å². The van der Waals surface area contributed by atoms with Crippen LogP contribution in [-0.2, 0) is 26.9 Å². The molecule has 1 N–H and O–H groups in total. The topological polar surface area (TPSA) is 125 Å². The summed E-state index contributed by atoms with van der Waals surface area (Å²) >= 11 is 0. The SMILES string of the molecule is CC(C)(C)c1cc(CC(CO[N+](=O)[O-])O[N+](=O)[O-])cc(C(C)(C)C)c1O. The van der Waals surface area contributed by atoms with Gasteiger partial charge in [0.1, 0.15) is 18.5 Å². The molecule has 26 heavy (non-hydrogen) atoms. The number of rotatable bonds is 7. The van der Waals surface area contributed by atoms with Crippen molar-refractivity contribution in [2.24, 2.45) is 0 Å². The molecule has 1 aromatic carbocycles. The molecular formula is C17H26N2O7. The molecule has 0 saturated heterocycles. The van der Waals surface area contributed by atoms with Crippen LogP contribution in [0, 0.1) is 20.2 Å². The van der Waals surface area contributed by atoms with Crippen molar-refractivity contribution < 1.29 is 25.0 Å². The highest BCUT2D eigenvalue weighted by Crippen LogP contribution is 2.40. The fourth-order valence-corrected chi connectivity index (χ4v) is 2.61. The van der Waals surface area contributed by atoms with E-state index >= 15 is 0 Å². The van der Waals surface area contributed by atoms with Crippen LogP contribution < -0.4 is 0 Å². The maximum atomic E-state index is 10.7. The summed E-state index contributed by atoms with van der Waals surface area (Å²) in [5.41, 5.74) is 1.31. The average Bonchev–Trinajstić information content (AvgIpc) is 2.43. The van der Waals surface area contributed by atoms with Gasteiger partial charge in [-0.1, -0.05) is 53.7 Å². The quantitative estimate of drug-likeness (QED) is 0.576. The van der Waals surface area contributed by atoms with Crippen LogP contribution in [0.5, 0.6) is 5.75 Å². The van der Waals surface area contributed by atoms with E-state index in [0.29, 0.717) is 16.7 Å². The Kier molecular flexibility index (Phi) is 6.40. The fourth-order valence-electron chi connectivity index (χ4n) is 2.61. The lowest BCUT2D eigenvalue weighted by Gasteiger charge is -2.28. The molecular weight excluding hydrogens is 344 g/mol. The molecule has 1 unspecified atom stereocenters. The van der Waals surface area contributed by atoms with E-state index in [9.17, 15) is 25.3 Å². The molecule has 0 saturated carbocycles. The van der Waals surface area contributed by atoms with E-state index in [2.05, 4.69) is 9.68 Å². The standard InChI is InChI=1S/C17H26N2O7/c1-16(2,3)13-8-11(9-14(15(13)20)17(4,5)6)7-12(26-19(23)24)10-25-18(21)22/h8-9,12,20H,7,10H2,1-6H3. The second-order valence-corrected chi connectivity index (χ2v) is 8.21. The van der Waals surface area contributed by atoms with Crippen molar-refractivity contribution in [1.82, 2.24) is 0 Å². The summed E-state index contributed by atoms with van der Waals surface area (Å²) in [6.45, 7) is 11.1. The van der Waals surface area contributed by atoms with E-state index in [1.54, 1.807) is 12.1 Å². The Bertz CT molecular complexity index is 640. The van der Waals surface area contributed by atoms with Crippen LogP contribution in [-0.4, -0.2) is 28.0 Å². The molecule has 0 radical (unpaired) electrons. The lowest BCUT2D eigenvalue weighted by molar-refractivity contribution is -0.789. The predicted octanol–water partition coefficient (Wildman–Crippen LogP) is 3.31. The molecule has 1 atom stereocenters. The summed E-state index contributed by atoms with van der Waals surface area (Å²) in [5.74, 6) is 0.182. The largest absolute Gasteiger partial charge is 0.507 e. The highest BCUT2D eigenvalue weighted by atomic mass is 17.0. The van der Waals surface area contributed by atoms with Gasteiger partial charge in [-0.25, -0.2) is 0 Å². The molecule has 0 bridgehead atoms. The molecule has 0 aliphatic heterocycles. The highest BCUT2D eigenvalue weighted by molar-refractivity contribution is 5.50. The Morgan fingerprint density at radius 3 is 1.81 bits per heavy atom. The average molecular weight is 370 g/mol. The van der Waals surface area contributed by atoms with Crippen molar-refractivity contribution in [3.63, 3.8) is 0 Å². The fraction of sp³-hybridized carbons (Fsp3) is 0.647. The number of hydrogen-bond acceptors (Lipinski definition) is 7. The predicted molar refractivity (Wildman–Crippen MR) is 94.0 cm³/mol. The van der Waals surface area contributed by atoms with Gasteiger partial charge < -0.3 is 14.8 Å². The maximum absolute atomic E-state index is 10.7. The first-order valence-electron chi connectivity index (χ1n) is 8.17. The molecule has 0 fully saturated rings. The lowest BCUT2D eigenvalue weighted by Crippen LogP contribution is -2.27. The van der Waals surface area contributed by atoms with Crippen LogP contribution in [0.15, 0.2) is 12.1 Å². The number of phenolic OH excluding ortho intramolecular Hbond substituents is 1. The van der Waals surface area contributed by atoms with Crippen LogP contribution >= 0.6 is 0 Å². The minimum Gasteiger partial charge on any atom is -0.507 e. The van der Waals surface area contributed by atoms with E-state index in [0.717, 1.165) is 0 Å². The molecule has 0 aliphatic carbocycles. The maximum Gasteiger partial charge on any atom is 0.294 e. The van der Waals surface area contributed by atoms with Crippen molar-refractivity contribution in [1.29, 1.82) is 0 Å². The highest BCUT2D eigenvalue weighted by Gasteiger charge is 2.27. The zero-order valence-corrected chi connectivity index (χ0v) is 15.9. The van der Waals surface area contributed by atoms with E-state index in [1.165, 1.54) is 0 Å². The Balaban J connectivity index is 3.31. The van der Waals surface area contributed by atoms with Crippen LogP contribution in [0.25, 0.3) is 0 Å². The van der Waals surface area contributed by atoms with Crippen molar-refractivity contribution in [3.05, 3.63) is 49.1 Å². The number of benzene rings is 1. The lowest BCUT2D eigenvalue weighted by atomic mass is 9.78. The van der Waals surface area contributed by atoms with Gasteiger partial charge in [-0.15, -0.1) is 20.2 Å². The monoisotopic (exact) mass is 370 g/mol. The van der Waals surface area contributed by atoms with Crippen molar-refractivity contribution in [2.45, 2.75) is 64.9 Å². The number of hydrogen-bond donors (Lipinski definition) is 1. The van der Waals surface area contributed by atoms with Crippen LogP contribution in [0.4, 0.5) is 0 Å². The van der Waals surface area contributed by atoms with Crippen LogP contribution in [0.3, 0.4) is 0 Å². The molecule has 0 heterocycles. The molecule has 1 rings (SSSR count). The molecule has 0 amide bonds. The van der Waals surface area contributed by atoms with E-state index in [4.69, 9.17) is 0 Å². The third-order valence-corrected chi connectivity index (χ3v) is 3.85. The summed E-state index contributed by atoms with van der Waals surface area (Å²) in [4.78, 5) is 29.8.